The van der Waals surface area contributed by atoms with Crippen molar-refractivity contribution in [1.82, 2.24) is 4.90 Å². The van der Waals surface area contributed by atoms with Crippen LogP contribution in [0.1, 0.15) is 16.7 Å². The molecular weight excluding hydrogens is 234 g/mol. The topological polar surface area (TPSA) is 12.5 Å². The van der Waals surface area contributed by atoms with E-state index < -0.39 is 0 Å². The molecule has 0 bridgehead atoms. The number of aryl methyl sites for hydroxylation is 1. The second kappa shape index (κ2) is 6.39. The fourth-order valence-corrected chi connectivity index (χ4v) is 2.18. The summed E-state index contributed by atoms with van der Waals surface area (Å²) in [6, 6.07) is 16.8. The first-order valence-corrected chi connectivity index (χ1v) is 6.55. The molecule has 0 N–H and O–H groups in total. The molecule has 19 heavy (non-hydrogen) atoms. The predicted octanol–water partition coefficient (Wildman–Crippen LogP) is 3.64. The zero-order valence-corrected chi connectivity index (χ0v) is 11.9. The Labute approximate surface area is 115 Å². The Morgan fingerprint density at radius 1 is 0.947 bits per heavy atom. The molecule has 2 heteroatoms. The minimum absolute atomic E-state index is 0.908. The number of benzene rings is 2. The molecule has 0 aliphatic heterocycles. The zero-order chi connectivity index (χ0) is 13.7. The van der Waals surface area contributed by atoms with Crippen molar-refractivity contribution in [3.63, 3.8) is 0 Å². The first kappa shape index (κ1) is 13.6. The van der Waals surface area contributed by atoms with Crippen molar-refractivity contribution in [2.45, 2.75) is 20.0 Å². The van der Waals surface area contributed by atoms with Crippen LogP contribution in [0.4, 0.5) is 0 Å². The maximum Gasteiger partial charge on any atom is 0.118 e. The number of nitrogens with zero attached hydrogens (tertiary/aromatic N) is 1. The Morgan fingerprint density at radius 3 is 2.26 bits per heavy atom. The molecule has 0 saturated heterocycles. The van der Waals surface area contributed by atoms with E-state index in [1.807, 2.05) is 12.1 Å². The number of methoxy groups -OCH3 is 1. The molecule has 0 atom stereocenters. The Balaban J connectivity index is 1.97. The van der Waals surface area contributed by atoms with E-state index in [1.54, 1.807) is 7.11 Å². The summed E-state index contributed by atoms with van der Waals surface area (Å²) in [5, 5.41) is 0. The van der Waals surface area contributed by atoms with Crippen LogP contribution < -0.4 is 4.74 Å². The van der Waals surface area contributed by atoms with Gasteiger partial charge < -0.3 is 4.74 Å². The third-order valence-corrected chi connectivity index (χ3v) is 3.31. The molecule has 0 radical (unpaired) electrons. The molecule has 0 aliphatic carbocycles. The quantitative estimate of drug-likeness (QED) is 0.809. The van der Waals surface area contributed by atoms with Gasteiger partial charge in [-0.15, -0.1) is 0 Å². The monoisotopic (exact) mass is 255 g/mol. The van der Waals surface area contributed by atoms with Crippen LogP contribution >= 0.6 is 0 Å². The second-order valence-corrected chi connectivity index (χ2v) is 4.95. The highest BCUT2D eigenvalue weighted by Crippen LogP contribution is 2.15. The molecule has 0 amide bonds. The van der Waals surface area contributed by atoms with Gasteiger partial charge in [0.1, 0.15) is 5.75 Å². The van der Waals surface area contributed by atoms with Gasteiger partial charge in [0, 0.05) is 13.1 Å². The summed E-state index contributed by atoms with van der Waals surface area (Å²) in [6.45, 7) is 4.08. The molecule has 0 aliphatic rings. The largest absolute Gasteiger partial charge is 0.497 e. The van der Waals surface area contributed by atoms with Gasteiger partial charge in [0.2, 0.25) is 0 Å². The van der Waals surface area contributed by atoms with E-state index in [4.69, 9.17) is 4.74 Å². The lowest BCUT2D eigenvalue weighted by atomic mass is 10.1. The smallest absolute Gasteiger partial charge is 0.118 e. The summed E-state index contributed by atoms with van der Waals surface area (Å²) in [5.74, 6) is 0.908. The minimum atomic E-state index is 0.908. The van der Waals surface area contributed by atoms with E-state index >= 15 is 0 Å². The van der Waals surface area contributed by atoms with Crippen molar-refractivity contribution in [1.29, 1.82) is 0 Å². The van der Waals surface area contributed by atoms with Crippen molar-refractivity contribution >= 4 is 0 Å². The fourth-order valence-electron chi connectivity index (χ4n) is 2.18. The normalized spacial score (nSPS) is 10.7. The van der Waals surface area contributed by atoms with Crippen molar-refractivity contribution < 1.29 is 4.74 Å². The van der Waals surface area contributed by atoms with Crippen LogP contribution in [0, 0.1) is 6.92 Å². The van der Waals surface area contributed by atoms with Gasteiger partial charge in [-0.2, -0.15) is 0 Å². The summed E-state index contributed by atoms with van der Waals surface area (Å²) in [6.07, 6.45) is 0. The third-order valence-electron chi connectivity index (χ3n) is 3.31. The Morgan fingerprint density at radius 2 is 1.63 bits per heavy atom. The number of rotatable bonds is 5. The molecular formula is C17H21NO. The lowest BCUT2D eigenvalue weighted by Crippen LogP contribution is -2.17. The van der Waals surface area contributed by atoms with Gasteiger partial charge >= 0.3 is 0 Å². The van der Waals surface area contributed by atoms with Crippen LogP contribution in [0.3, 0.4) is 0 Å². The van der Waals surface area contributed by atoms with Gasteiger partial charge in [-0.05, 0) is 42.8 Å². The van der Waals surface area contributed by atoms with E-state index in [1.165, 1.54) is 16.7 Å². The van der Waals surface area contributed by atoms with Crippen molar-refractivity contribution in [2.75, 3.05) is 14.2 Å². The first-order valence-electron chi connectivity index (χ1n) is 6.55. The summed E-state index contributed by atoms with van der Waals surface area (Å²) in [7, 11) is 3.84. The van der Waals surface area contributed by atoms with E-state index in [9.17, 15) is 0 Å². The predicted molar refractivity (Wildman–Crippen MR) is 79.3 cm³/mol. The molecule has 0 heterocycles. The second-order valence-electron chi connectivity index (χ2n) is 4.95. The highest BCUT2D eigenvalue weighted by Gasteiger charge is 2.04. The molecule has 2 rings (SSSR count). The summed E-state index contributed by atoms with van der Waals surface area (Å²) in [5.41, 5.74) is 4.04. The molecule has 0 aromatic heterocycles. The minimum Gasteiger partial charge on any atom is -0.497 e. The van der Waals surface area contributed by atoms with Gasteiger partial charge in [0.15, 0.2) is 0 Å². The van der Waals surface area contributed by atoms with Gasteiger partial charge in [-0.25, -0.2) is 0 Å². The maximum absolute atomic E-state index is 5.17. The van der Waals surface area contributed by atoms with Crippen molar-refractivity contribution in [3.05, 3.63) is 65.2 Å². The van der Waals surface area contributed by atoms with Crippen LogP contribution in [0.15, 0.2) is 48.5 Å². The molecule has 0 unspecified atom stereocenters. The van der Waals surface area contributed by atoms with Crippen LogP contribution in [0.5, 0.6) is 5.75 Å². The highest BCUT2D eigenvalue weighted by molar-refractivity contribution is 5.28. The van der Waals surface area contributed by atoms with Crippen molar-refractivity contribution in [2.24, 2.45) is 0 Å². The van der Waals surface area contributed by atoms with Gasteiger partial charge in [-0.1, -0.05) is 36.4 Å². The Bertz CT molecular complexity index is 519. The average molecular weight is 255 g/mol. The van der Waals surface area contributed by atoms with Gasteiger partial charge in [-0.3, -0.25) is 4.90 Å². The molecule has 0 spiro atoms. The lowest BCUT2D eigenvalue weighted by Gasteiger charge is -2.18. The number of ether oxygens (including phenoxy) is 1. The van der Waals surface area contributed by atoms with Crippen LogP contribution in [0.25, 0.3) is 0 Å². The van der Waals surface area contributed by atoms with E-state index in [-0.39, 0.29) is 0 Å². The summed E-state index contributed by atoms with van der Waals surface area (Å²) in [4.78, 5) is 2.32. The molecule has 2 aromatic carbocycles. The summed E-state index contributed by atoms with van der Waals surface area (Å²) < 4.78 is 5.17. The van der Waals surface area contributed by atoms with Crippen molar-refractivity contribution in [3.8, 4) is 5.75 Å². The van der Waals surface area contributed by atoms with E-state index in [2.05, 4.69) is 55.3 Å². The highest BCUT2D eigenvalue weighted by atomic mass is 16.5. The van der Waals surface area contributed by atoms with Crippen LogP contribution in [-0.4, -0.2) is 19.1 Å². The SMILES string of the molecule is COc1ccc(CN(C)Cc2ccccc2C)cc1. The Kier molecular flexibility index (Phi) is 4.58. The van der Waals surface area contributed by atoms with E-state index in [0.29, 0.717) is 0 Å². The maximum atomic E-state index is 5.17. The number of hydrogen-bond acceptors (Lipinski definition) is 2. The first-order chi connectivity index (χ1) is 9.19. The molecule has 0 saturated carbocycles. The molecule has 0 fully saturated rings. The molecule has 2 nitrogen and oxygen atoms in total. The zero-order valence-electron chi connectivity index (χ0n) is 11.9. The third kappa shape index (κ3) is 3.83. The van der Waals surface area contributed by atoms with Gasteiger partial charge in [0.05, 0.1) is 7.11 Å². The van der Waals surface area contributed by atoms with E-state index in [0.717, 1.165) is 18.8 Å². The van der Waals surface area contributed by atoms with Crippen LogP contribution in [-0.2, 0) is 13.1 Å². The average Bonchev–Trinajstić information content (AvgIpc) is 2.42. The fraction of sp³-hybridized carbons (Fsp3) is 0.294. The standard InChI is InChI=1S/C17H21NO/c1-14-6-4-5-7-16(14)13-18(2)12-15-8-10-17(19-3)11-9-15/h4-11H,12-13H2,1-3H3. The lowest BCUT2D eigenvalue weighted by molar-refractivity contribution is 0.318. The van der Waals surface area contributed by atoms with Crippen LogP contribution in [0.2, 0.25) is 0 Å². The Hall–Kier alpha value is -1.80. The summed E-state index contributed by atoms with van der Waals surface area (Å²) >= 11 is 0. The van der Waals surface area contributed by atoms with Gasteiger partial charge in [0.25, 0.3) is 0 Å². The molecule has 100 valence electrons. The number of hydrogen-bond donors (Lipinski definition) is 0. The molecule has 2 aromatic rings.